The van der Waals surface area contributed by atoms with E-state index in [2.05, 4.69) is 44.8 Å². The van der Waals surface area contributed by atoms with E-state index in [0.29, 0.717) is 17.8 Å². The smallest absolute Gasteiger partial charge is 0.294 e. The average Bonchev–Trinajstić information content (AvgIpc) is 3.08. The van der Waals surface area contributed by atoms with Gasteiger partial charge in [0, 0.05) is 11.7 Å². The van der Waals surface area contributed by atoms with E-state index < -0.39 is 0 Å². The zero-order valence-electron chi connectivity index (χ0n) is 14.2. The fourth-order valence-corrected chi connectivity index (χ4v) is 3.96. The van der Waals surface area contributed by atoms with Crippen LogP contribution in [0.1, 0.15) is 42.6 Å². The van der Waals surface area contributed by atoms with Crippen LogP contribution in [-0.4, -0.2) is 44.1 Å². The first-order valence-corrected chi connectivity index (χ1v) is 9.17. The van der Waals surface area contributed by atoms with E-state index >= 15 is 0 Å². The molecule has 1 aliphatic rings. The van der Waals surface area contributed by atoms with E-state index in [1.54, 1.807) is 11.3 Å². The van der Waals surface area contributed by atoms with Crippen LogP contribution in [-0.2, 0) is 13.1 Å². The molecule has 1 fully saturated rings. The Kier molecular flexibility index (Phi) is 5.27. The number of hydrogen-bond acceptors (Lipinski definition) is 6. The molecule has 2 aromatic rings. The summed E-state index contributed by atoms with van der Waals surface area (Å²) in [5.41, 5.74) is 2.33. The second-order valence-electron chi connectivity index (χ2n) is 6.12. The van der Waals surface area contributed by atoms with Gasteiger partial charge in [0.25, 0.3) is 5.19 Å². The zero-order valence-corrected chi connectivity index (χ0v) is 15.0. The summed E-state index contributed by atoms with van der Waals surface area (Å²) in [4.78, 5) is 2.52. The predicted molar refractivity (Wildman–Crippen MR) is 90.8 cm³/mol. The highest BCUT2D eigenvalue weighted by Crippen LogP contribution is 2.24. The molecule has 6 nitrogen and oxygen atoms in total. The Labute approximate surface area is 141 Å². The molecule has 0 bridgehead atoms. The Morgan fingerprint density at radius 3 is 2.91 bits per heavy atom. The summed E-state index contributed by atoms with van der Waals surface area (Å²) in [6.07, 6.45) is 3.76. The van der Waals surface area contributed by atoms with Crippen molar-refractivity contribution < 1.29 is 4.74 Å². The van der Waals surface area contributed by atoms with Crippen LogP contribution in [0.4, 0.5) is 0 Å². The maximum Gasteiger partial charge on any atom is 0.294 e. The standard InChI is InChI=1S/C16H25N5OS/c1-4-22-16-18-17-15(23-16)11-20-8-6-5-7-14(20)10-21-13(3)9-12(2)19-21/h9,14H,4-8,10-11H2,1-3H3/t14-/m0/s1. The lowest BCUT2D eigenvalue weighted by Gasteiger charge is -2.35. The summed E-state index contributed by atoms with van der Waals surface area (Å²) in [6.45, 7) is 9.72. The lowest BCUT2D eigenvalue weighted by molar-refractivity contribution is 0.121. The molecule has 0 aromatic carbocycles. The summed E-state index contributed by atoms with van der Waals surface area (Å²) in [6, 6.07) is 2.66. The summed E-state index contributed by atoms with van der Waals surface area (Å²) in [7, 11) is 0. The molecule has 0 unspecified atom stereocenters. The van der Waals surface area contributed by atoms with E-state index in [0.717, 1.165) is 30.3 Å². The number of ether oxygens (including phenoxy) is 1. The summed E-state index contributed by atoms with van der Waals surface area (Å²) < 4.78 is 7.57. The molecule has 1 atom stereocenters. The van der Waals surface area contributed by atoms with Crippen LogP contribution in [0.15, 0.2) is 6.07 Å². The normalized spacial score (nSPS) is 19.2. The first kappa shape index (κ1) is 16.4. The van der Waals surface area contributed by atoms with Crippen molar-refractivity contribution in [3.63, 3.8) is 0 Å². The molecule has 0 radical (unpaired) electrons. The highest BCUT2D eigenvalue weighted by molar-refractivity contribution is 7.13. The molecule has 3 heterocycles. The summed E-state index contributed by atoms with van der Waals surface area (Å²) in [5.74, 6) is 0. The fraction of sp³-hybridized carbons (Fsp3) is 0.688. The molecular weight excluding hydrogens is 310 g/mol. The number of likely N-dealkylation sites (tertiary alicyclic amines) is 1. The van der Waals surface area contributed by atoms with Gasteiger partial charge in [-0.25, -0.2) is 0 Å². The number of aromatic nitrogens is 4. The third kappa shape index (κ3) is 4.09. The highest BCUT2D eigenvalue weighted by atomic mass is 32.1. The maximum atomic E-state index is 5.43. The zero-order chi connectivity index (χ0) is 16.2. The fourth-order valence-electron chi connectivity index (χ4n) is 3.19. The van der Waals surface area contributed by atoms with E-state index in [1.807, 2.05) is 6.92 Å². The molecule has 2 aromatic heterocycles. The van der Waals surface area contributed by atoms with Crippen molar-refractivity contribution in [3.05, 3.63) is 22.5 Å². The molecule has 0 amide bonds. The second-order valence-corrected chi connectivity index (χ2v) is 7.15. The third-order valence-electron chi connectivity index (χ3n) is 4.29. The maximum absolute atomic E-state index is 5.43. The molecule has 1 saturated heterocycles. The number of aryl methyl sites for hydroxylation is 2. The van der Waals surface area contributed by atoms with Crippen molar-refractivity contribution in [1.82, 2.24) is 24.9 Å². The first-order chi connectivity index (χ1) is 11.2. The number of hydrogen-bond donors (Lipinski definition) is 0. The van der Waals surface area contributed by atoms with Crippen molar-refractivity contribution in [2.24, 2.45) is 0 Å². The lowest BCUT2D eigenvalue weighted by Crippen LogP contribution is -2.41. The molecule has 3 rings (SSSR count). The number of nitrogens with zero attached hydrogens (tertiary/aromatic N) is 5. The van der Waals surface area contributed by atoms with Gasteiger partial charge in [-0.3, -0.25) is 9.58 Å². The molecule has 0 aliphatic carbocycles. The van der Waals surface area contributed by atoms with E-state index in [1.165, 1.54) is 25.0 Å². The largest absolute Gasteiger partial charge is 0.469 e. The summed E-state index contributed by atoms with van der Waals surface area (Å²) in [5, 5.41) is 14.7. The number of rotatable bonds is 6. The molecule has 126 valence electrons. The van der Waals surface area contributed by atoms with Crippen molar-refractivity contribution in [2.75, 3.05) is 13.2 Å². The van der Waals surface area contributed by atoms with Gasteiger partial charge in [-0.1, -0.05) is 17.8 Å². The van der Waals surface area contributed by atoms with Crippen LogP contribution in [0, 0.1) is 13.8 Å². The molecule has 7 heteroatoms. The monoisotopic (exact) mass is 335 g/mol. The average molecular weight is 335 g/mol. The first-order valence-electron chi connectivity index (χ1n) is 8.36. The van der Waals surface area contributed by atoms with Crippen LogP contribution in [0.3, 0.4) is 0 Å². The Balaban J connectivity index is 1.67. The quantitative estimate of drug-likeness (QED) is 0.812. The molecule has 0 N–H and O–H groups in total. The van der Waals surface area contributed by atoms with Crippen LogP contribution >= 0.6 is 11.3 Å². The van der Waals surface area contributed by atoms with E-state index in [4.69, 9.17) is 4.74 Å². The molecule has 0 saturated carbocycles. The lowest BCUT2D eigenvalue weighted by atomic mass is 10.0. The highest BCUT2D eigenvalue weighted by Gasteiger charge is 2.25. The van der Waals surface area contributed by atoms with Crippen molar-refractivity contribution in [3.8, 4) is 5.19 Å². The number of piperidine rings is 1. The molecule has 23 heavy (non-hydrogen) atoms. The minimum absolute atomic E-state index is 0.515. The van der Waals surface area contributed by atoms with E-state index in [9.17, 15) is 0 Å². The van der Waals surface area contributed by atoms with Gasteiger partial charge in [0.2, 0.25) is 0 Å². The third-order valence-corrected chi connectivity index (χ3v) is 5.11. The van der Waals surface area contributed by atoms with E-state index in [-0.39, 0.29) is 0 Å². The van der Waals surface area contributed by atoms with Crippen molar-refractivity contribution in [2.45, 2.75) is 59.2 Å². The topological polar surface area (TPSA) is 56.1 Å². The Bertz CT molecular complexity index is 638. The Morgan fingerprint density at radius 1 is 1.30 bits per heavy atom. The van der Waals surface area contributed by atoms with Gasteiger partial charge < -0.3 is 4.74 Å². The molecule has 0 spiro atoms. The van der Waals surface area contributed by atoms with Gasteiger partial charge in [0.05, 0.1) is 25.4 Å². The Hall–Kier alpha value is -1.47. The minimum Gasteiger partial charge on any atom is -0.469 e. The second kappa shape index (κ2) is 7.40. The summed E-state index contributed by atoms with van der Waals surface area (Å²) >= 11 is 1.56. The van der Waals surface area contributed by atoms with Crippen molar-refractivity contribution in [1.29, 1.82) is 0 Å². The van der Waals surface area contributed by atoms with Gasteiger partial charge in [-0.05, 0) is 46.2 Å². The molecule has 1 aliphatic heterocycles. The Morgan fingerprint density at radius 2 is 2.17 bits per heavy atom. The van der Waals surface area contributed by atoms with Crippen LogP contribution in [0.2, 0.25) is 0 Å². The van der Waals surface area contributed by atoms with Gasteiger partial charge in [0.15, 0.2) is 0 Å². The van der Waals surface area contributed by atoms with Gasteiger partial charge >= 0.3 is 0 Å². The SMILES string of the molecule is CCOc1nnc(CN2CCCC[C@H]2Cn2nc(C)cc2C)s1. The van der Waals surface area contributed by atoms with Gasteiger partial charge in [-0.2, -0.15) is 5.10 Å². The van der Waals surface area contributed by atoms with Crippen LogP contribution in [0.5, 0.6) is 5.19 Å². The molecular formula is C16H25N5OS. The predicted octanol–water partition coefficient (Wildman–Crippen LogP) is 2.80. The van der Waals surface area contributed by atoms with Crippen molar-refractivity contribution >= 4 is 11.3 Å². The van der Waals surface area contributed by atoms with Gasteiger partial charge in [-0.15, -0.1) is 10.2 Å². The van der Waals surface area contributed by atoms with Crippen LogP contribution in [0.25, 0.3) is 0 Å². The minimum atomic E-state index is 0.515. The van der Waals surface area contributed by atoms with Gasteiger partial charge in [0.1, 0.15) is 5.01 Å². The van der Waals surface area contributed by atoms with Crippen LogP contribution < -0.4 is 4.74 Å².